The highest BCUT2D eigenvalue weighted by atomic mass is 79.9. The van der Waals surface area contributed by atoms with Gasteiger partial charge < -0.3 is 4.74 Å². The molecule has 3 rings (SSSR count). The van der Waals surface area contributed by atoms with Crippen molar-refractivity contribution in [2.75, 3.05) is 7.11 Å². The van der Waals surface area contributed by atoms with Crippen LogP contribution in [0.5, 0.6) is 0 Å². The van der Waals surface area contributed by atoms with Gasteiger partial charge in [0.25, 0.3) is 0 Å². The van der Waals surface area contributed by atoms with Crippen LogP contribution >= 0.6 is 15.9 Å². The summed E-state index contributed by atoms with van der Waals surface area (Å²) in [5.74, 6) is 1.74. The summed E-state index contributed by atoms with van der Waals surface area (Å²) in [7, 11) is 1.41. The van der Waals surface area contributed by atoms with Crippen LogP contribution in [0, 0.1) is 29.6 Å². The molecule has 5 atom stereocenters. The zero-order valence-corrected chi connectivity index (χ0v) is 14.1. The second-order valence-electron chi connectivity index (χ2n) is 6.47. The molecule has 0 N–H and O–H groups in total. The maximum atomic E-state index is 12.0. The molecule has 4 heteroatoms. The van der Waals surface area contributed by atoms with E-state index in [4.69, 9.17) is 4.74 Å². The molecule has 0 bridgehead atoms. The van der Waals surface area contributed by atoms with Crippen molar-refractivity contribution in [1.82, 2.24) is 0 Å². The van der Waals surface area contributed by atoms with Gasteiger partial charge in [0.1, 0.15) is 0 Å². The number of carbonyl (C=O) groups is 2. The SMILES string of the molecule is COC(=O)C[C@@H]1C(C(C)=O)=C[C@@H]2[C@H]1C=C(Br)[C@@H]1CCC[C@@H]21. The Kier molecular flexibility index (Phi) is 4.08. The molecule has 3 aliphatic carbocycles. The van der Waals surface area contributed by atoms with Gasteiger partial charge in [-0.3, -0.25) is 9.59 Å². The molecule has 0 radical (unpaired) electrons. The Morgan fingerprint density at radius 2 is 2.05 bits per heavy atom. The molecule has 0 spiro atoms. The monoisotopic (exact) mass is 352 g/mol. The van der Waals surface area contributed by atoms with Gasteiger partial charge in [0, 0.05) is 5.92 Å². The minimum atomic E-state index is -0.231. The quantitative estimate of drug-likeness (QED) is 0.728. The van der Waals surface area contributed by atoms with Gasteiger partial charge in [-0.1, -0.05) is 34.5 Å². The van der Waals surface area contributed by atoms with Gasteiger partial charge in [-0.25, -0.2) is 0 Å². The normalized spacial score (nSPS) is 37.4. The molecule has 114 valence electrons. The number of hydrogen-bond donors (Lipinski definition) is 0. The Morgan fingerprint density at radius 3 is 2.71 bits per heavy atom. The highest BCUT2D eigenvalue weighted by Gasteiger charge is 2.48. The predicted molar refractivity (Wildman–Crippen MR) is 83.7 cm³/mol. The van der Waals surface area contributed by atoms with Crippen LogP contribution in [0.15, 0.2) is 22.2 Å². The van der Waals surface area contributed by atoms with Crippen LogP contribution < -0.4 is 0 Å². The Hall–Kier alpha value is -0.900. The number of allylic oxidation sites excluding steroid dienone is 4. The zero-order valence-electron chi connectivity index (χ0n) is 12.5. The number of Topliss-reactive ketones (excluding diaryl/α,β-unsaturated/α-hetero) is 1. The molecule has 0 aromatic carbocycles. The number of carbonyl (C=O) groups excluding carboxylic acids is 2. The van der Waals surface area contributed by atoms with E-state index in [0.717, 1.165) is 5.57 Å². The number of fused-ring (bicyclic) bond motifs is 3. The predicted octanol–water partition coefficient (Wildman–Crippen LogP) is 3.64. The van der Waals surface area contributed by atoms with Crippen LogP contribution in [0.2, 0.25) is 0 Å². The number of ketones is 1. The van der Waals surface area contributed by atoms with Crippen molar-refractivity contribution in [1.29, 1.82) is 0 Å². The molecule has 0 saturated heterocycles. The van der Waals surface area contributed by atoms with E-state index in [-0.39, 0.29) is 23.6 Å². The summed E-state index contributed by atoms with van der Waals surface area (Å²) in [4.78, 5) is 23.7. The summed E-state index contributed by atoms with van der Waals surface area (Å²) in [6.45, 7) is 1.61. The maximum Gasteiger partial charge on any atom is 0.306 e. The highest BCUT2D eigenvalue weighted by molar-refractivity contribution is 9.11. The summed E-state index contributed by atoms with van der Waals surface area (Å²) < 4.78 is 6.10. The number of hydrogen-bond acceptors (Lipinski definition) is 3. The fraction of sp³-hybridized carbons (Fsp3) is 0.647. The molecule has 1 saturated carbocycles. The lowest BCUT2D eigenvalue weighted by Gasteiger charge is -2.36. The largest absolute Gasteiger partial charge is 0.469 e. The third-order valence-electron chi connectivity index (χ3n) is 5.47. The lowest BCUT2D eigenvalue weighted by molar-refractivity contribution is -0.141. The molecule has 3 aliphatic rings. The van der Waals surface area contributed by atoms with Crippen molar-refractivity contribution in [2.45, 2.75) is 32.6 Å². The molecule has 0 aliphatic heterocycles. The maximum absolute atomic E-state index is 12.0. The lowest BCUT2D eigenvalue weighted by Crippen LogP contribution is -2.30. The minimum Gasteiger partial charge on any atom is -0.469 e. The standard InChI is InChI=1S/C17H21BrO3/c1-9(19)12-6-13-10-4-3-5-11(10)16(18)7-14(13)15(12)8-17(20)21-2/h6-7,10-11,13-15H,3-5,8H2,1-2H3/t10-,11-,13+,14-,15-/m1/s1. The first-order valence-electron chi connectivity index (χ1n) is 7.69. The summed E-state index contributed by atoms with van der Waals surface area (Å²) in [5.41, 5.74) is 0.833. The molecule has 0 heterocycles. The molecule has 0 amide bonds. The van der Waals surface area contributed by atoms with Crippen LogP contribution in [0.1, 0.15) is 32.6 Å². The Labute approximate surface area is 133 Å². The second-order valence-corrected chi connectivity index (χ2v) is 7.39. The summed E-state index contributed by atoms with van der Waals surface area (Å²) >= 11 is 3.74. The van der Waals surface area contributed by atoms with E-state index in [2.05, 4.69) is 28.1 Å². The van der Waals surface area contributed by atoms with Gasteiger partial charge >= 0.3 is 5.97 Å². The van der Waals surface area contributed by atoms with Gasteiger partial charge in [0.2, 0.25) is 0 Å². The number of rotatable bonds is 3. The third kappa shape index (κ3) is 2.52. The molecule has 0 unspecified atom stereocenters. The van der Waals surface area contributed by atoms with Gasteiger partial charge in [0.05, 0.1) is 13.5 Å². The first-order valence-corrected chi connectivity index (χ1v) is 8.49. The average molecular weight is 353 g/mol. The van der Waals surface area contributed by atoms with E-state index in [0.29, 0.717) is 24.2 Å². The van der Waals surface area contributed by atoms with Crippen LogP contribution in [0.3, 0.4) is 0 Å². The van der Waals surface area contributed by atoms with Crippen LogP contribution in [-0.2, 0) is 14.3 Å². The highest BCUT2D eigenvalue weighted by Crippen LogP contribution is 2.56. The molecule has 3 nitrogen and oxygen atoms in total. The average Bonchev–Trinajstić information content (AvgIpc) is 3.04. The lowest BCUT2D eigenvalue weighted by atomic mass is 9.70. The Bertz CT molecular complexity index is 534. The van der Waals surface area contributed by atoms with Gasteiger partial charge in [0.15, 0.2) is 5.78 Å². The van der Waals surface area contributed by atoms with E-state index in [1.54, 1.807) is 6.92 Å². The summed E-state index contributed by atoms with van der Waals surface area (Å²) in [6, 6.07) is 0. The zero-order chi connectivity index (χ0) is 15.1. The number of ether oxygens (including phenoxy) is 1. The van der Waals surface area contributed by atoms with E-state index in [1.807, 2.05) is 0 Å². The number of esters is 1. The van der Waals surface area contributed by atoms with E-state index in [1.165, 1.54) is 30.9 Å². The van der Waals surface area contributed by atoms with Crippen LogP contribution in [-0.4, -0.2) is 18.9 Å². The van der Waals surface area contributed by atoms with E-state index >= 15 is 0 Å². The third-order valence-corrected chi connectivity index (χ3v) is 6.32. The van der Waals surface area contributed by atoms with Crippen molar-refractivity contribution < 1.29 is 14.3 Å². The number of halogens is 1. The summed E-state index contributed by atoms with van der Waals surface area (Å²) in [6.07, 6.45) is 8.44. The first-order chi connectivity index (χ1) is 10.0. The van der Waals surface area contributed by atoms with Crippen molar-refractivity contribution in [3.63, 3.8) is 0 Å². The Morgan fingerprint density at radius 1 is 1.29 bits per heavy atom. The molecular formula is C17H21BrO3. The topological polar surface area (TPSA) is 43.4 Å². The molecular weight excluding hydrogens is 332 g/mol. The van der Waals surface area contributed by atoms with Gasteiger partial charge in [-0.2, -0.15) is 0 Å². The van der Waals surface area contributed by atoms with Crippen molar-refractivity contribution >= 4 is 27.7 Å². The van der Waals surface area contributed by atoms with Crippen molar-refractivity contribution in [2.24, 2.45) is 29.6 Å². The summed E-state index contributed by atoms with van der Waals surface area (Å²) in [5, 5.41) is 0. The van der Waals surface area contributed by atoms with Crippen LogP contribution in [0.4, 0.5) is 0 Å². The van der Waals surface area contributed by atoms with Crippen molar-refractivity contribution in [3.05, 3.63) is 22.2 Å². The Balaban J connectivity index is 1.95. The van der Waals surface area contributed by atoms with Crippen LogP contribution in [0.25, 0.3) is 0 Å². The minimum absolute atomic E-state index is 0.0194. The molecule has 21 heavy (non-hydrogen) atoms. The van der Waals surface area contributed by atoms with E-state index in [9.17, 15) is 9.59 Å². The number of methoxy groups -OCH3 is 1. The molecule has 0 aromatic heterocycles. The van der Waals surface area contributed by atoms with Crippen molar-refractivity contribution in [3.8, 4) is 0 Å². The second kappa shape index (κ2) is 5.71. The first kappa shape index (κ1) is 15.0. The van der Waals surface area contributed by atoms with E-state index < -0.39 is 0 Å². The molecule has 0 aromatic rings. The fourth-order valence-corrected chi connectivity index (χ4v) is 5.41. The van der Waals surface area contributed by atoms with Gasteiger partial charge in [-0.15, -0.1) is 0 Å². The fourth-order valence-electron chi connectivity index (χ4n) is 4.54. The van der Waals surface area contributed by atoms with Gasteiger partial charge in [-0.05, 0) is 53.5 Å². The molecule has 1 fully saturated rings. The smallest absolute Gasteiger partial charge is 0.306 e.